The number of pyridine rings is 1. The number of hydrogen-bond acceptors (Lipinski definition) is 3. The highest BCUT2D eigenvalue weighted by molar-refractivity contribution is 5.96. The van der Waals surface area contributed by atoms with E-state index in [9.17, 15) is 4.79 Å². The molecule has 0 saturated carbocycles. The van der Waals surface area contributed by atoms with Crippen molar-refractivity contribution < 1.29 is 4.79 Å². The van der Waals surface area contributed by atoms with Crippen molar-refractivity contribution in [1.82, 2.24) is 4.98 Å². The van der Waals surface area contributed by atoms with Crippen molar-refractivity contribution in [2.75, 3.05) is 24.3 Å². The van der Waals surface area contributed by atoms with Gasteiger partial charge in [-0.05, 0) is 12.1 Å². The minimum atomic E-state index is -0.379. The molecule has 0 aromatic carbocycles. The Hall–Kier alpha value is -1.58. The number of nitrogens with zero attached hydrogens (tertiary/aromatic N) is 2. The van der Waals surface area contributed by atoms with Crippen molar-refractivity contribution in [3.63, 3.8) is 0 Å². The van der Waals surface area contributed by atoms with Crippen LogP contribution in [0.5, 0.6) is 0 Å². The minimum absolute atomic E-state index is 0.0755. The number of carbonyl (C=O) groups excluding carboxylic acids is 1. The topological polar surface area (TPSA) is 45.2 Å². The third-order valence-corrected chi connectivity index (χ3v) is 2.34. The van der Waals surface area contributed by atoms with Gasteiger partial charge in [-0.25, -0.2) is 4.98 Å². The van der Waals surface area contributed by atoms with Crippen molar-refractivity contribution in [3.05, 3.63) is 18.3 Å². The third kappa shape index (κ3) is 2.72. The van der Waals surface area contributed by atoms with Crippen LogP contribution in [0.4, 0.5) is 11.5 Å². The van der Waals surface area contributed by atoms with Gasteiger partial charge in [-0.1, -0.05) is 20.8 Å². The lowest BCUT2D eigenvalue weighted by Gasteiger charge is -2.25. The molecular weight excluding hydrogens is 202 g/mol. The van der Waals surface area contributed by atoms with Gasteiger partial charge in [0.1, 0.15) is 5.82 Å². The first-order valence-electron chi connectivity index (χ1n) is 5.28. The van der Waals surface area contributed by atoms with Crippen molar-refractivity contribution in [3.8, 4) is 0 Å². The van der Waals surface area contributed by atoms with E-state index >= 15 is 0 Å². The van der Waals surface area contributed by atoms with Crippen molar-refractivity contribution in [2.45, 2.75) is 20.8 Å². The first kappa shape index (κ1) is 12.5. The summed E-state index contributed by atoms with van der Waals surface area (Å²) in [6, 6.07) is 3.73. The van der Waals surface area contributed by atoms with Crippen LogP contribution >= 0.6 is 0 Å². The highest BCUT2D eigenvalue weighted by Gasteiger charge is 2.25. The van der Waals surface area contributed by atoms with Gasteiger partial charge in [-0.3, -0.25) is 4.79 Å². The molecule has 0 bridgehead atoms. The zero-order valence-electron chi connectivity index (χ0n) is 10.5. The van der Waals surface area contributed by atoms with E-state index in [2.05, 4.69) is 10.3 Å². The predicted octanol–water partition coefficient (Wildman–Crippen LogP) is 2.13. The summed E-state index contributed by atoms with van der Waals surface area (Å²) in [6.07, 6.45) is 1.69. The Balaban J connectivity index is 2.88. The maximum absolute atomic E-state index is 12.0. The van der Waals surface area contributed by atoms with Gasteiger partial charge in [0.15, 0.2) is 0 Å². The Morgan fingerprint density at radius 1 is 1.38 bits per heavy atom. The van der Waals surface area contributed by atoms with Gasteiger partial charge in [0.25, 0.3) is 0 Å². The summed E-state index contributed by atoms with van der Waals surface area (Å²) in [7, 11) is 3.58. The molecular formula is C12H19N3O. The molecule has 1 heterocycles. The van der Waals surface area contributed by atoms with E-state index in [-0.39, 0.29) is 11.3 Å². The predicted molar refractivity (Wildman–Crippen MR) is 66.6 cm³/mol. The molecule has 1 rings (SSSR count). The van der Waals surface area contributed by atoms with Gasteiger partial charge < -0.3 is 10.2 Å². The lowest BCUT2D eigenvalue weighted by Crippen LogP contribution is -2.36. The lowest BCUT2D eigenvalue weighted by molar-refractivity contribution is -0.125. The van der Waals surface area contributed by atoms with Crippen molar-refractivity contribution in [2.24, 2.45) is 5.41 Å². The highest BCUT2D eigenvalue weighted by Crippen LogP contribution is 2.21. The number of carbonyl (C=O) groups is 1. The molecule has 0 spiro atoms. The van der Waals surface area contributed by atoms with Crippen LogP contribution < -0.4 is 10.2 Å². The Morgan fingerprint density at radius 2 is 2.00 bits per heavy atom. The monoisotopic (exact) mass is 221 g/mol. The molecule has 4 nitrogen and oxygen atoms in total. The molecule has 1 aromatic rings. The Morgan fingerprint density at radius 3 is 2.38 bits per heavy atom. The van der Waals surface area contributed by atoms with Crippen LogP contribution in [-0.2, 0) is 4.79 Å². The normalized spacial score (nSPS) is 11.1. The van der Waals surface area contributed by atoms with E-state index in [1.54, 1.807) is 18.1 Å². The first-order valence-corrected chi connectivity index (χ1v) is 5.28. The second-order valence-electron chi connectivity index (χ2n) is 4.77. The number of rotatable bonds is 2. The zero-order valence-corrected chi connectivity index (χ0v) is 10.5. The summed E-state index contributed by atoms with van der Waals surface area (Å²) in [5.74, 6) is 0.867. The molecule has 0 aliphatic carbocycles. The Kier molecular flexibility index (Phi) is 3.52. The number of amides is 1. The van der Waals surface area contributed by atoms with Gasteiger partial charge in [-0.15, -0.1) is 0 Å². The summed E-state index contributed by atoms with van der Waals surface area (Å²) in [5.41, 5.74) is 0.426. The van der Waals surface area contributed by atoms with E-state index in [1.165, 1.54) is 0 Å². The Labute approximate surface area is 96.7 Å². The molecule has 1 N–H and O–H groups in total. The van der Waals surface area contributed by atoms with Crippen molar-refractivity contribution in [1.29, 1.82) is 0 Å². The zero-order chi connectivity index (χ0) is 12.3. The third-order valence-electron chi connectivity index (χ3n) is 2.34. The summed E-state index contributed by atoms with van der Waals surface area (Å²) >= 11 is 0. The molecule has 1 amide bonds. The van der Waals surface area contributed by atoms with Crippen LogP contribution in [0.25, 0.3) is 0 Å². The van der Waals surface area contributed by atoms with Crippen LogP contribution in [-0.4, -0.2) is 25.0 Å². The maximum atomic E-state index is 12.0. The summed E-state index contributed by atoms with van der Waals surface area (Å²) in [6.45, 7) is 5.71. The molecule has 88 valence electrons. The van der Waals surface area contributed by atoms with Crippen LogP contribution in [0.3, 0.4) is 0 Å². The molecule has 0 saturated heterocycles. The molecule has 0 fully saturated rings. The molecule has 0 radical (unpaired) electrons. The summed E-state index contributed by atoms with van der Waals surface area (Å²) < 4.78 is 0. The number of nitrogens with one attached hydrogen (secondary N) is 1. The molecule has 0 aliphatic heterocycles. The fourth-order valence-corrected chi connectivity index (χ4v) is 1.35. The van der Waals surface area contributed by atoms with Gasteiger partial charge in [0.05, 0.1) is 11.9 Å². The van der Waals surface area contributed by atoms with E-state index in [4.69, 9.17) is 0 Å². The van der Waals surface area contributed by atoms with E-state index in [0.29, 0.717) is 0 Å². The fraction of sp³-hybridized carbons (Fsp3) is 0.500. The number of anilines is 2. The Bertz CT molecular complexity index is 365. The van der Waals surface area contributed by atoms with E-state index < -0.39 is 0 Å². The highest BCUT2D eigenvalue weighted by atomic mass is 16.2. The quantitative estimate of drug-likeness (QED) is 0.832. The first-order chi connectivity index (χ1) is 7.36. The molecule has 0 aliphatic rings. The lowest BCUT2D eigenvalue weighted by atomic mass is 9.95. The second-order valence-corrected chi connectivity index (χ2v) is 4.77. The van der Waals surface area contributed by atoms with Gasteiger partial charge in [0, 0.05) is 19.5 Å². The van der Waals surface area contributed by atoms with Crippen LogP contribution in [0.1, 0.15) is 20.8 Å². The maximum Gasteiger partial charge on any atom is 0.232 e. The van der Waals surface area contributed by atoms with Gasteiger partial charge in [-0.2, -0.15) is 0 Å². The van der Waals surface area contributed by atoms with Gasteiger partial charge >= 0.3 is 0 Å². The molecule has 0 atom stereocenters. The SMILES string of the molecule is CNc1ccc(N(C)C(=O)C(C)(C)C)cn1. The smallest absolute Gasteiger partial charge is 0.232 e. The average Bonchev–Trinajstić information content (AvgIpc) is 2.26. The van der Waals surface area contributed by atoms with Crippen molar-refractivity contribution >= 4 is 17.4 Å². The summed E-state index contributed by atoms with van der Waals surface area (Å²) in [5, 5.41) is 2.94. The standard InChI is InChI=1S/C12H19N3O/c1-12(2,3)11(16)15(5)9-6-7-10(13-4)14-8-9/h6-8H,1-5H3,(H,13,14). The summed E-state index contributed by atoms with van der Waals surface area (Å²) in [4.78, 5) is 17.8. The molecule has 1 aromatic heterocycles. The minimum Gasteiger partial charge on any atom is -0.373 e. The van der Waals surface area contributed by atoms with Crippen LogP contribution in [0.15, 0.2) is 18.3 Å². The van der Waals surface area contributed by atoms with E-state index in [0.717, 1.165) is 11.5 Å². The number of aromatic nitrogens is 1. The second kappa shape index (κ2) is 4.51. The van der Waals surface area contributed by atoms with Crippen LogP contribution in [0, 0.1) is 5.41 Å². The largest absolute Gasteiger partial charge is 0.373 e. The molecule has 16 heavy (non-hydrogen) atoms. The van der Waals surface area contributed by atoms with E-state index in [1.807, 2.05) is 40.0 Å². The molecule has 0 unspecified atom stereocenters. The van der Waals surface area contributed by atoms with Crippen LogP contribution in [0.2, 0.25) is 0 Å². The average molecular weight is 221 g/mol. The number of hydrogen-bond donors (Lipinski definition) is 1. The molecule has 4 heteroatoms. The van der Waals surface area contributed by atoms with Gasteiger partial charge in [0.2, 0.25) is 5.91 Å². The fourth-order valence-electron chi connectivity index (χ4n) is 1.35.